The third-order valence-electron chi connectivity index (χ3n) is 4.47. The highest BCUT2D eigenvalue weighted by Crippen LogP contribution is 2.05. The first-order valence-corrected chi connectivity index (χ1v) is 10.0. The van der Waals surface area contributed by atoms with Crippen molar-refractivity contribution in [3.05, 3.63) is 42.0 Å². The summed E-state index contributed by atoms with van der Waals surface area (Å²) in [4.78, 5) is 28.4. The quantitative estimate of drug-likeness (QED) is 0.301. The smallest absolute Gasteiger partial charge is 0.307 e. The Bertz CT molecular complexity index is 568. The summed E-state index contributed by atoms with van der Waals surface area (Å²) >= 11 is 0. The lowest BCUT2D eigenvalue weighted by Crippen LogP contribution is -2.33. The summed E-state index contributed by atoms with van der Waals surface area (Å²) in [6, 6.07) is 9.74. The second-order valence-corrected chi connectivity index (χ2v) is 6.36. The molecule has 0 aliphatic carbocycles. The molecule has 0 spiro atoms. The van der Waals surface area contributed by atoms with Crippen LogP contribution in [0.5, 0.6) is 0 Å². The Balaban J connectivity index is 2.58. The number of rotatable bonds is 13. The Morgan fingerprint density at radius 3 is 2.26 bits per heavy atom. The van der Waals surface area contributed by atoms with E-state index in [0.29, 0.717) is 19.7 Å². The molecule has 150 valence electrons. The summed E-state index contributed by atoms with van der Waals surface area (Å²) in [6.45, 7) is 10.6. The van der Waals surface area contributed by atoms with Crippen LogP contribution in [-0.4, -0.2) is 61.0 Å². The van der Waals surface area contributed by atoms with Crippen LogP contribution in [0.2, 0.25) is 0 Å². The minimum absolute atomic E-state index is 0.0639. The summed E-state index contributed by atoms with van der Waals surface area (Å²) in [5.74, 6) is -0.323. The van der Waals surface area contributed by atoms with Crippen molar-refractivity contribution in [1.82, 2.24) is 9.80 Å². The van der Waals surface area contributed by atoms with Crippen molar-refractivity contribution in [3.8, 4) is 0 Å². The van der Waals surface area contributed by atoms with Gasteiger partial charge < -0.3 is 14.5 Å². The fourth-order valence-electron chi connectivity index (χ4n) is 2.81. The summed E-state index contributed by atoms with van der Waals surface area (Å²) < 4.78 is 4.99. The highest BCUT2D eigenvalue weighted by molar-refractivity contribution is 5.92. The third kappa shape index (κ3) is 9.94. The molecule has 5 nitrogen and oxygen atoms in total. The molecule has 0 fully saturated rings. The van der Waals surface area contributed by atoms with Gasteiger partial charge in [-0.3, -0.25) is 9.59 Å². The number of hydrogen-bond donors (Lipinski definition) is 0. The Kier molecular flexibility index (Phi) is 11.9. The van der Waals surface area contributed by atoms with E-state index in [1.54, 1.807) is 17.9 Å². The fraction of sp³-hybridized carbons (Fsp3) is 0.545. The predicted octanol–water partition coefficient (Wildman–Crippen LogP) is 3.60. The van der Waals surface area contributed by atoms with E-state index in [1.165, 1.54) is 0 Å². The molecule has 1 rings (SSSR count). The van der Waals surface area contributed by atoms with Gasteiger partial charge in [-0.1, -0.05) is 44.2 Å². The first kappa shape index (κ1) is 22.9. The Hall–Kier alpha value is -2.14. The van der Waals surface area contributed by atoms with Crippen molar-refractivity contribution in [2.75, 3.05) is 39.3 Å². The van der Waals surface area contributed by atoms with Gasteiger partial charge in [0.2, 0.25) is 5.91 Å². The van der Waals surface area contributed by atoms with E-state index in [0.717, 1.165) is 38.0 Å². The molecule has 0 heterocycles. The van der Waals surface area contributed by atoms with Crippen LogP contribution in [0.15, 0.2) is 36.4 Å². The van der Waals surface area contributed by atoms with Gasteiger partial charge in [-0.25, -0.2) is 0 Å². The molecule has 27 heavy (non-hydrogen) atoms. The lowest BCUT2D eigenvalue weighted by Gasteiger charge is -2.22. The fourth-order valence-corrected chi connectivity index (χ4v) is 2.81. The van der Waals surface area contributed by atoms with Gasteiger partial charge in [0.25, 0.3) is 0 Å². The van der Waals surface area contributed by atoms with Crippen LogP contribution >= 0.6 is 0 Å². The van der Waals surface area contributed by atoms with E-state index in [2.05, 4.69) is 18.7 Å². The van der Waals surface area contributed by atoms with Crippen molar-refractivity contribution in [1.29, 1.82) is 0 Å². The van der Waals surface area contributed by atoms with Gasteiger partial charge in [0, 0.05) is 19.2 Å². The molecular formula is C22H34N2O3. The molecule has 0 N–H and O–H groups in total. The monoisotopic (exact) mass is 374 g/mol. The summed E-state index contributed by atoms with van der Waals surface area (Å²) in [6.07, 6.45) is 5.59. The molecule has 0 radical (unpaired) electrons. The lowest BCUT2D eigenvalue weighted by atomic mass is 10.2. The number of ether oxygens (including phenoxy) is 1. The zero-order chi connectivity index (χ0) is 19.9. The Morgan fingerprint density at radius 2 is 1.63 bits per heavy atom. The molecule has 0 saturated carbocycles. The zero-order valence-corrected chi connectivity index (χ0v) is 17.0. The summed E-state index contributed by atoms with van der Waals surface area (Å²) in [7, 11) is 0. The van der Waals surface area contributed by atoms with Gasteiger partial charge in [0.1, 0.15) is 0 Å². The largest absolute Gasteiger partial charge is 0.466 e. The minimum Gasteiger partial charge on any atom is -0.466 e. The lowest BCUT2D eigenvalue weighted by molar-refractivity contribution is -0.143. The van der Waals surface area contributed by atoms with Crippen LogP contribution in [0.4, 0.5) is 0 Å². The summed E-state index contributed by atoms with van der Waals surface area (Å²) in [5, 5.41) is 0. The van der Waals surface area contributed by atoms with Crippen LogP contribution < -0.4 is 0 Å². The number of carbonyl (C=O) groups is 2. The van der Waals surface area contributed by atoms with E-state index >= 15 is 0 Å². The Labute approximate surface area is 164 Å². The first-order chi connectivity index (χ1) is 13.1. The number of unbranched alkanes of at least 4 members (excludes halogenated alkanes) is 1. The number of carbonyl (C=O) groups excluding carboxylic acids is 2. The van der Waals surface area contributed by atoms with Crippen molar-refractivity contribution in [2.24, 2.45) is 0 Å². The van der Waals surface area contributed by atoms with E-state index in [9.17, 15) is 9.59 Å². The van der Waals surface area contributed by atoms with Crippen LogP contribution in [-0.2, 0) is 14.3 Å². The second-order valence-electron chi connectivity index (χ2n) is 6.36. The van der Waals surface area contributed by atoms with Crippen molar-refractivity contribution in [2.45, 2.75) is 40.0 Å². The van der Waals surface area contributed by atoms with E-state index < -0.39 is 0 Å². The van der Waals surface area contributed by atoms with Crippen molar-refractivity contribution < 1.29 is 14.3 Å². The highest BCUT2D eigenvalue weighted by atomic mass is 16.5. The number of benzene rings is 1. The molecule has 0 aromatic heterocycles. The molecule has 0 unspecified atom stereocenters. The van der Waals surface area contributed by atoms with Crippen molar-refractivity contribution >= 4 is 18.0 Å². The van der Waals surface area contributed by atoms with Crippen LogP contribution in [0.3, 0.4) is 0 Å². The van der Waals surface area contributed by atoms with Crippen LogP contribution in [0, 0.1) is 0 Å². The SMILES string of the molecule is CCOC(=O)CCN(CCCCN(CC)CC)C(=O)/C=C/c1ccccc1. The van der Waals surface area contributed by atoms with E-state index in [4.69, 9.17) is 4.74 Å². The number of esters is 1. The molecule has 0 saturated heterocycles. The summed E-state index contributed by atoms with van der Waals surface area (Å²) in [5.41, 5.74) is 0.984. The number of nitrogens with zero attached hydrogens (tertiary/aromatic N) is 2. The molecule has 0 bridgehead atoms. The van der Waals surface area contributed by atoms with E-state index in [1.807, 2.05) is 36.4 Å². The molecule has 1 amide bonds. The molecule has 1 aromatic carbocycles. The molecule has 0 atom stereocenters. The maximum atomic E-state index is 12.6. The van der Waals surface area contributed by atoms with Gasteiger partial charge >= 0.3 is 5.97 Å². The number of amides is 1. The predicted molar refractivity (Wildman–Crippen MR) is 110 cm³/mol. The van der Waals surface area contributed by atoms with Gasteiger partial charge in [-0.2, -0.15) is 0 Å². The Morgan fingerprint density at radius 1 is 0.963 bits per heavy atom. The first-order valence-electron chi connectivity index (χ1n) is 10.0. The van der Waals surface area contributed by atoms with Gasteiger partial charge in [-0.15, -0.1) is 0 Å². The van der Waals surface area contributed by atoms with Gasteiger partial charge in [-0.05, 0) is 51.0 Å². The average Bonchev–Trinajstić information content (AvgIpc) is 2.69. The third-order valence-corrected chi connectivity index (χ3v) is 4.47. The minimum atomic E-state index is -0.259. The number of hydrogen-bond acceptors (Lipinski definition) is 4. The topological polar surface area (TPSA) is 49.9 Å². The molecule has 0 aliphatic heterocycles. The molecule has 0 aliphatic rings. The molecule has 5 heteroatoms. The van der Waals surface area contributed by atoms with Crippen LogP contribution in [0.1, 0.15) is 45.6 Å². The highest BCUT2D eigenvalue weighted by Gasteiger charge is 2.13. The second kappa shape index (κ2) is 14.0. The van der Waals surface area contributed by atoms with Crippen LogP contribution in [0.25, 0.3) is 6.08 Å². The van der Waals surface area contributed by atoms with Gasteiger partial charge in [0.15, 0.2) is 0 Å². The molecule has 1 aromatic rings. The standard InChI is InChI=1S/C22H34N2O3/c1-4-23(5-2)17-10-11-18-24(19-16-22(26)27-6-3)21(25)15-14-20-12-8-7-9-13-20/h7-9,12-15H,4-6,10-11,16-19H2,1-3H3/b15-14+. The van der Waals surface area contributed by atoms with Gasteiger partial charge in [0.05, 0.1) is 13.0 Å². The maximum Gasteiger partial charge on any atom is 0.307 e. The zero-order valence-electron chi connectivity index (χ0n) is 17.0. The maximum absolute atomic E-state index is 12.6. The average molecular weight is 375 g/mol. The normalized spacial score (nSPS) is 11.1. The van der Waals surface area contributed by atoms with Crippen molar-refractivity contribution in [3.63, 3.8) is 0 Å². The van der Waals surface area contributed by atoms with E-state index in [-0.39, 0.29) is 18.3 Å². The molecular weight excluding hydrogens is 340 g/mol.